The molecule has 2 aromatic carbocycles. The molecule has 4 rings (SSSR count). The Kier molecular flexibility index (Phi) is 9.56. The fraction of sp³-hybridized carbons (Fsp3) is 0.250. The lowest BCUT2D eigenvalue weighted by Gasteiger charge is -2.37. The number of carbonyl (C=O) groups excluding carboxylic acids is 2. The maximum absolute atomic E-state index is 12.4. The first-order valence-corrected chi connectivity index (χ1v) is 13.8. The Morgan fingerprint density at radius 2 is 1.72 bits per heavy atom. The summed E-state index contributed by atoms with van der Waals surface area (Å²) in [6.07, 6.45) is 2.85. The van der Waals surface area contributed by atoms with E-state index < -0.39 is 5.91 Å². The number of thiocarbonyl (C=S) groups is 1. The van der Waals surface area contributed by atoms with Gasteiger partial charge >= 0.3 is 0 Å². The fourth-order valence-electron chi connectivity index (χ4n) is 4.12. The van der Waals surface area contributed by atoms with Crippen LogP contribution in [0, 0.1) is 5.92 Å². The van der Waals surface area contributed by atoms with E-state index in [1.165, 1.54) is 12.2 Å². The monoisotopic (exact) mass is 604 g/mol. The SMILES string of the molecule is CC(C)C(=O)N1CCN(c2ccc(NC(=S)NC(=O)/C=C/c3ccc(-c4ccc(Cl)cc4Cl)o3)cc2Cl)CC1. The predicted molar refractivity (Wildman–Crippen MR) is 163 cm³/mol. The molecule has 1 aromatic heterocycles. The van der Waals surface area contributed by atoms with Gasteiger partial charge in [0.1, 0.15) is 11.5 Å². The summed E-state index contributed by atoms with van der Waals surface area (Å²) >= 11 is 24.0. The first kappa shape index (κ1) is 29.0. The minimum Gasteiger partial charge on any atom is -0.457 e. The van der Waals surface area contributed by atoms with Gasteiger partial charge in [0.05, 0.1) is 15.7 Å². The number of hydrogen-bond donors (Lipinski definition) is 2. The molecule has 2 N–H and O–H groups in total. The summed E-state index contributed by atoms with van der Waals surface area (Å²) in [5.41, 5.74) is 2.22. The van der Waals surface area contributed by atoms with Crippen LogP contribution in [0.25, 0.3) is 17.4 Å². The number of halogens is 3. The number of nitrogens with zero attached hydrogens (tertiary/aromatic N) is 2. The normalized spacial score (nSPS) is 13.7. The van der Waals surface area contributed by atoms with E-state index in [9.17, 15) is 9.59 Å². The summed E-state index contributed by atoms with van der Waals surface area (Å²) in [6, 6.07) is 14.1. The van der Waals surface area contributed by atoms with Crippen LogP contribution in [0.4, 0.5) is 11.4 Å². The van der Waals surface area contributed by atoms with Gasteiger partial charge in [0, 0.05) is 54.4 Å². The molecular formula is C28H27Cl3N4O3S. The molecule has 0 saturated carbocycles. The highest BCUT2D eigenvalue weighted by atomic mass is 35.5. The summed E-state index contributed by atoms with van der Waals surface area (Å²) in [5.74, 6) is 0.763. The Balaban J connectivity index is 1.29. The van der Waals surface area contributed by atoms with Crippen LogP contribution in [0.15, 0.2) is 59.0 Å². The molecule has 1 aliphatic heterocycles. The fourth-order valence-corrected chi connectivity index (χ4v) is 5.14. The standard InChI is InChI=1S/C28H27Cl3N4O3S/c1-17(2)27(37)35-13-11-34(12-14-35)24-8-4-19(16-23(24)31)32-28(39)33-26(36)10-6-20-5-9-25(38-20)21-7-3-18(29)15-22(21)30/h3-10,15-17H,11-14H2,1-2H3,(H2,32,33,36,39)/b10-6+. The molecule has 3 aromatic rings. The van der Waals surface area contributed by atoms with Crippen LogP contribution >= 0.6 is 47.0 Å². The van der Waals surface area contributed by atoms with Gasteiger partial charge in [-0.1, -0.05) is 48.7 Å². The highest BCUT2D eigenvalue weighted by Gasteiger charge is 2.24. The van der Waals surface area contributed by atoms with Crippen molar-refractivity contribution in [3.05, 3.63) is 75.4 Å². The number of anilines is 2. The van der Waals surface area contributed by atoms with Crippen molar-refractivity contribution >= 4 is 81.4 Å². The largest absolute Gasteiger partial charge is 0.457 e. The Morgan fingerprint density at radius 3 is 2.38 bits per heavy atom. The van der Waals surface area contributed by atoms with Gasteiger partial charge in [0.15, 0.2) is 5.11 Å². The summed E-state index contributed by atoms with van der Waals surface area (Å²) in [7, 11) is 0. The van der Waals surface area contributed by atoms with E-state index in [-0.39, 0.29) is 16.9 Å². The van der Waals surface area contributed by atoms with E-state index >= 15 is 0 Å². The summed E-state index contributed by atoms with van der Waals surface area (Å²) in [6.45, 7) is 6.55. The molecule has 0 atom stereocenters. The number of rotatable bonds is 6. The third-order valence-corrected chi connectivity index (χ3v) is 7.15. The number of amides is 2. The molecule has 1 saturated heterocycles. The minimum atomic E-state index is -0.425. The van der Waals surface area contributed by atoms with Crippen molar-refractivity contribution in [2.45, 2.75) is 13.8 Å². The Morgan fingerprint density at radius 1 is 0.974 bits per heavy atom. The lowest BCUT2D eigenvalue weighted by molar-refractivity contribution is -0.134. The molecule has 2 heterocycles. The lowest BCUT2D eigenvalue weighted by atomic mass is 10.1. The number of carbonyl (C=O) groups is 2. The Bertz CT molecular complexity index is 1410. The first-order valence-electron chi connectivity index (χ1n) is 12.3. The van der Waals surface area contributed by atoms with E-state index in [0.717, 1.165) is 5.69 Å². The van der Waals surface area contributed by atoms with Crippen molar-refractivity contribution < 1.29 is 14.0 Å². The number of hydrogen-bond acceptors (Lipinski definition) is 5. The van der Waals surface area contributed by atoms with Gasteiger partial charge in [-0.2, -0.15) is 0 Å². The van der Waals surface area contributed by atoms with Crippen molar-refractivity contribution in [2.24, 2.45) is 5.92 Å². The number of piperazine rings is 1. The van der Waals surface area contributed by atoms with E-state index in [4.69, 9.17) is 51.4 Å². The van der Waals surface area contributed by atoms with Gasteiger partial charge in [0.2, 0.25) is 11.8 Å². The van der Waals surface area contributed by atoms with Gasteiger partial charge in [-0.15, -0.1) is 0 Å². The van der Waals surface area contributed by atoms with Crippen molar-refractivity contribution in [1.82, 2.24) is 10.2 Å². The zero-order valence-corrected chi connectivity index (χ0v) is 24.4. The topological polar surface area (TPSA) is 77.8 Å². The molecule has 11 heteroatoms. The molecule has 2 amide bonds. The van der Waals surface area contributed by atoms with Gasteiger partial charge in [-0.25, -0.2) is 0 Å². The maximum Gasteiger partial charge on any atom is 0.250 e. The molecule has 0 unspecified atom stereocenters. The second-order valence-electron chi connectivity index (χ2n) is 9.24. The van der Waals surface area contributed by atoms with Crippen LogP contribution in [0.3, 0.4) is 0 Å². The highest BCUT2D eigenvalue weighted by molar-refractivity contribution is 7.80. The molecule has 0 spiro atoms. The van der Waals surface area contributed by atoms with Crippen molar-refractivity contribution in [1.29, 1.82) is 0 Å². The average Bonchev–Trinajstić information content (AvgIpc) is 3.36. The summed E-state index contributed by atoms with van der Waals surface area (Å²) in [4.78, 5) is 28.6. The molecule has 7 nitrogen and oxygen atoms in total. The van der Waals surface area contributed by atoms with Crippen molar-refractivity contribution in [3.8, 4) is 11.3 Å². The molecule has 0 aliphatic carbocycles. The molecule has 39 heavy (non-hydrogen) atoms. The van der Waals surface area contributed by atoms with Crippen molar-refractivity contribution in [2.75, 3.05) is 36.4 Å². The maximum atomic E-state index is 12.4. The predicted octanol–water partition coefficient (Wildman–Crippen LogP) is 6.74. The van der Waals surface area contributed by atoms with E-state index in [1.54, 1.807) is 36.4 Å². The molecule has 1 fully saturated rings. The van der Waals surface area contributed by atoms with E-state index in [1.807, 2.05) is 30.9 Å². The van der Waals surface area contributed by atoms with Crippen LogP contribution in [0.2, 0.25) is 15.1 Å². The first-order chi connectivity index (χ1) is 18.6. The number of benzene rings is 2. The minimum absolute atomic E-state index is 0.0111. The van der Waals surface area contributed by atoms with Crippen LogP contribution in [0.1, 0.15) is 19.6 Å². The molecule has 1 aliphatic rings. The molecular weight excluding hydrogens is 579 g/mol. The quantitative estimate of drug-likeness (QED) is 0.239. The second-order valence-corrected chi connectivity index (χ2v) is 10.9. The van der Waals surface area contributed by atoms with Crippen LogP contribution in [-0.4, -0.2) is 48.0 Å². The summed E-state index contributed by atoms with van der Waals surface area (Å²) in [5, 5.41) is 7.25. The van der Waals surface area contributed by atoms with Gasteiger partial charge in [-0.05, 0) is 66.8 Å². The number of furan rings is 1. The number of nitrogens with one attached hydrogen (secondary N) is 2. The van der Waals surface area contributed by atoms with Crippen LogP contribution in [-0.2, 0) is 9.59 Å². The van der Waals surface area contributed by atoms with E-state index in [2.05, 4.69) is 15.5 Å². The van der Waals surface area contributed by atoms with Gasteiger partial charge < -0.3 is 19.5 Å². The molecule has 204 valence electrons. The second kappa shape index (κ2) is 12.9. The van der Waals surface area contributed by atoms with Crippen molar-refractivity contribution in [3.63, 3.8) is 0 Å². The molecule has 0 bridgehead atoms. The van der Waals surface area contributed by atoms with Crippen LogP contribution < -0.4 is 15.5 Å². The van der Waals surface area contributed by atoms with E-state index in [0.29, 0.717) is 64.0 Å². The Labute approximate surface area is 247 Å². The zero-order valence-electron chi connectivity index (χ0n) is 21.3. The lowest BCUT2D eigenvalue weighted by Crippen LogP contribution is -2.50. The molecule has 0 radical (unpaired) electrons. The average molecular weight is 606 g/mol. The Hall–Kier alpha value is -3.04. The zero-order chi connectivity index (χ0) is 28.1. The van der Waals surface area contributed by atoms with Gasteiger partial charge in [0.25, 0.3) is 0 Å². The smallest absolute Gasteiger partial charge is 0.250 e. The highest BCUT2D eigenvalue weighted by Crippen LogP contribution is 2.32. The third kappa shape index (κ3) is 7.54. The third-order valence-electron chi connectivity index (χ3n) is 6.09. The summed E-state index contributed by atoms with van der Waals surface area (Å²) < 4.78 is 5.76. The van der Waals surface area contributed by atoms with Crippen LogP contribution in [0.5, 0.6) is 0 Å². The van der Waals surface area contributed by atoms with Gasteiger partial charge in [-0.3, -0.25) is 14.9 Å².